The Balaban J connectivity index is 2.25. The van der Waals surface area contributed by atoms with E-state index in [-0.39, 0.29) is 5.92 Å². The van der Waals surface area contributed by atoms with Crippen molar-refractivity contribution in [1.82, 2.24) is 15.5 Å². The van der Waals surface area contributed by atoms with Gasteiger partial charge in [0.25, 0.3) is 0 Å². The summed E-state index contributed by atoms with van der Waals surface area (Å²) in [4.78, 5) is 5.68. The molecular formula is C16H31F3N4. The molecule has 0 aliphatic carbocycles. The van der Waals surface area contributed by atoms with Gasteiger partial charge in [0.15, 0.2) is 5.96 Å². The minimum atomic E-state index is -4.10. The van der Waals surface area contributed by atoms with Crippen molar-refractivity contribution in [2.45, 2.75) is 58.2 Å². The molecule has 136 valence electrons. The van der Waals surface area contributed by atoms with E-state index in [0.29, 0.717) is 25.7 Å². The number of halogens is 3. The Kier molecular flexibility index (Phi) is 8.73. The maximum absolute atomic E-state index is 12.4. The SMILES string of the molecule is CCCCCC(C)NC(=NC)NCC1CCN(CC(F)(F)F)C1. The lowest BCUT2D eigenvalue weighted by molar-refractivity contribution is -0.143. The molecule has 0 bridgehead atoms. The van der Waals surface area contributed by atoms with Crippen LogP contribution in [0.5, 0.6) is 0 Å². The van der Waals surface area contributed by atoms with Crippen LogP contribution < -0.4 is 10.6 Å². The van der Waals surface area contributed by atoms with Crippen molar-refractivity contribution in [3.05, 3.63) is 0 Å². The van der Waals surface area contributed by atoms with E-state index in [9.17, 15) is 13.2 Å². The van der Waals surface area contributed by atoms with Gasteiger partial charge in [-0.2, -0.15) is 13.2 Å². The Morgan fingerprint density at radius 3 is 2.70 bits per heavy atom. The smallest absolute Gasteiger partial charge is 0.356 e. The average Bonchev–Trinajstić information content (AvgIpc) is 2.89. The lowest BCUT2D eigenvalue weighted by Crippen LogP contribution is -2.44. The van der Waals surface area contributed by atoms with Crippen LogP contribution in [0.2, 0.25) is 0 Å². The summed E-state index contributed by atoms with van der Waals surface area (Å²) in [5, 5.41) is 6.59. The van der Waals surface area contributed by atoms with Crippen molar-refractivity contribution in [2.24, 2.45) is 10.9 Å². The van der Waals surface area contributed by atoms with E-state index in [1.54, 1.807) is 7.05 Å². The van der Waals surface area contributed by atoms with E-state index in [1.807, 2.05) is 0 Å². The normalized spacial score (nSPS) is 21.5. The van der Waals surface area contributed by atoms with Gasteiger partial charge in [0.2, 0.25) is 0 Å². The molecule has 1 aliphatic heterocycles. The highest BCUT2D eigenvalue weighted by Crippen LogP contribution is 2.22. The van der Waals surface area contributed by atoms with Gasteiger partial charge < -0.3 is 10.6 Å². The van der Waals surface area contributed by atoms with Crippen LogP contribution in [-0.2, 0) is 0 Å². The van der Waals surface area contributed by atoms with Crippen molar-refractivity contribution >= 4 is 5.96 Å². The fourth-order valence-electron chi connectivity index (χ4n) is 2.92. The zero-order valence-electron chi connectivity index (χ0n) is 14.5. The molecule has 0 aromatic carbocycles. The van der Waals surface area contributed by atoms with E-state index in [0.717, 1.165) is 18.8 Å². The molecule has 0 saturated carbocycles. The lowest BCUT2D eigenvalue weighted by Gasteiger charge is -2.20. The van der Waals surface area contributed by atoms with Crippen molar-refractivity contribution in [3.63, 3.8) is 0 Å². The second-order valence-corrected chi connectivity index (χ2v) is 6.50. The highest BCUT2D eigenvalue weighted by molar-refractivity contribution is 5.79. The minimum absolute atomic E-state index is 0.242. The molecule has 0 amide bonds. The van der Waals surface area contributed by atoms with Crippen molar-refractivity contribution in [1.29, 1.82) is 0 Å². The molecule has 4 nitrogen and oxygen atoms in total. The van der Waals surface area contributed by atoms with Crippen molar-refractivity contribution < 1.29 is 13.2 Å². The van der Waals surface area contributed by atoms with Gasteiger partial charge in [0.1, 0.15) is 0 Å². The number of alkyl halides is 3. The van der Waals surface area contributed by atoms with Crippen LogP contribution in [0.25, 0.3) is 0 Å². The second kappa shape index (κ2) is 10.0. The van der Waals surface area contributed by atoms with Gasteiger partial charge in [0, 0.05) is 26.2 Å². The summed E-state index contributed by atoms with van der Waals surface area (Å²) in [6.45, 7) is 5.19. The Bertz CT molecular complexity index is 358. The topological polar surface area (TPSA) is 39.7 Å². The summed E-state index contributed by atoms with van der Waals surface area (Å²) in [7, 11) is 1.72. The van der Waals surface area contributed by atoms with E-state index in [2.05, 4.69) is 29.5 Å². The first-order chi connectivity index (χ1) is 10.8. The predicted molar refractivity (Wildman–Crippen MR) is 88.7 cm³/mol. The van der Waals surface area contributed by atoms with Crippen LogP contribution in [0.15, 0.2) is 4.99 Å². The van der Waals surface area contributed by atoms with Crippen LogP contribution >= 0.6 is 0 Å². The van der Waals surface area contributed by atoms with Gasteiger partial charge in [-0.15, -0.1) is 0 Å². The fraction of sp³-hybridized carbons (Fsp3) is 0.938. The first-order valence-electron chi connectivity index (χ1n) is 8.60. The number of hydrogen-bond acceptors (Lipinski definition) is 2. The molecule has 0 radical (unpaired) electrons. The van der Waals surface area contributed by atoms with E-state index in [1.165, 1.54) is 24.2 Å². The number of nitrogens with one attached hydrogen (secondary N) is 2. The summed E-state index contributed by atoms with van der Waals surface area (Å²) in [6, 6.07) is 0.345. The third-order valence-electron chi connectivity index (χ3n) is 4.18. The van der Waals surface area contributed by atoms with Gasteiger partial charge in [-0.1, -0.05) is 26.2 Å². The second-order valence-electron chi connectivity index (χ2n) is 6.50. The molecule has 2 N–H and O–H groups in total. The average molecular weight is 336 g/mol. The van der Waals surface area contributed by atoms with Crippen LogP contribution in [0, 0.1) is 5.92 Å². The highest BCUT2D eigenvalue weighted by atomic mass is 19.4. The van der Waals surface area contributed by atoms with Crippen molar-refractivity contribution in [2.75, 3.05) is 33.2 Å². The number of guanidine groups is 1. The van der Waals surface area contributed by atoms with Crippen LogP contribution in [0.3, 0.4) is 0 Å². The quantitative estimate of drug-likeness (QED) is 0.407. The number of unbranched alkanes of at least 4 members (excludes halogenated alkanes) is 2. The summed E-state index contributed by atoms with van der Waals surface area (Å²) in [6.07, 6.45) is 1.42. The largest absolute Gasteiger partial charge is 0.401 e. The Morgan fingerprint density at radius 1 is 1.35 bits per heavy atom. The van der Waals surface area contributed by atoms with Crippen LogP contribution in [-0.4, -0.2) is 56.3 Å². The van der Waals surface area contributed by atoms with Gasteiger partial charge in [-0.3, -0.25) is 9.89 Å². The van der Waals surface area contributed by atoms with Crippen LogP contribution in [0.1, 0.15) is 46.0 Å². The number of likely N-dealkylation sites (tertiary alicyclic amines) is 1. The van der Waals surface area contributed by atoms with Gasteiger partial charge in [-0.25, -0.2) is 0 Å². The van der Waals surface area contributed by atoms with Crippen LogP contribution in [0.4, 0.5) is 13.2 Å². The van der Waals surface area contributed by atoms with E-state index < -0.39 is 12.7 Å². The molecule has 23 heavy (non-hydrogen) atoms. The molecule has 1 rings (SSSR count). The van der Waals surface area contributed by atoms with E-state index >= 15 is 0 Å². The molecule has 2 atom stereocenters. The molecule has 1 saturated heterocycles. The molecule has 2 unspecified atom stereocenters. The number of aliphatic imine (C=N–C) groups is 1. The summed E-state index contributed by atoms with van der Waals surface area (Å²) < 4.78 is 37.2. The summed E-state index contributed by atoms with van der Waals surface area (Å²) >= 11 is 0. The molecule has 1 heterocycles. The lowest BCUT2D eigenvalue weighted by atomic mass is 10.1. The Hall–Kier alpha value is -0.980. The number of nitrogens with zero attached hydrogens (tertiary/aromatic N) is 2. The summed E-state index contributed by atoms with van der Waals surface area (Å²) in [5.41, 5.74) is 0. The van der Waals surface area contributed by atoms with Gasteiger partial charge in [-0.05, 0) is 32.2 Å². The zero-order valence-corrected chi connectivity index (χ0v) is 14.5. The standard InChI is InChI=1S/C16H31F3N4/c1-4-5-6-7-13(2)22-15(20-3)21-10-14-8-9-23(11-14)12-16(17,18)19/h13-14H,4-12H2,1-3H3,(H2,20,21,22). The first-order valence-corrected chi connectivity index (χ1v) is 8.60. The third kappa shape index (κ3) is 9.03. The fourth-order valence-corrected chi connectivity index (χ4v) is 2.92. The minimum Gasteiger partial charge on any atom is -0.356 e. The highest BCUT2D eigenvalue weighted by Gasteiger charge is 2.34. The monoisotopic (exact) mass is 336 g/mol. The molecule has 1 aliphatic rings. The van der Waals surface area contributed by atoms with Gasteiger partial charge in [0.05, 0.1) is 6.54 Å². The Labute approximate surface area is 137 Å². The van der Waals surface area contributed by atoms with Gasteiger partial charge >= 0.3 is 6.18 Å². The molecular weight excluding hydrogens is 305 g/mol. The van der Waals surface area contributed by atoms with Crippen molar-refractivity contribution in [3.8, 4) is 0 Å². The number of hydrogen-bond donors (Lipinski definition) is 2. The predicted octanol–water partition coefficient (Wildman–Crippen LogP) is 3.00. The number of rotatable bonds is 8. The summed E-state index contributed by atoms with van der Waals surface area (Å²) in [5.74, 6) is 0.981. The molecule has 7 heteroatoms. The molecule has 0 spiro atoms. The Morgan fingerprint density at radius 2 is 2.09 bits per heavy atom. The first kappa shape index (κ1) is 20.1. The molecule has 0 aromatic rings. The third-order valence-corrected chi connectivity index (χ3v) is 4.18. The molecule has 0 aromatic heterocycles. The maximum atomic E-state index is 12.4. The zero-order chi connectivity index (χ0) is 17.3. The molecule has 1 fully saturated rings. The van der Waals surface area contributed by atoms with E-state index in [4.69, 9.17) is 0 Å². The maximum Gasteiger partial charge on any atom is 0.401 e.